The van der Waals surface area contributed by atoms with Crippen LogP contribution in [0.3, 0.4) is 0 Å². The summed E-state index contributed by atoms with van der Waals surface area (Å²) in [4.78, 5) is 0. The van der Waals surface area contributed by atoms with Gasteiger partial charge < -0.3 is 0 Å². The second-order valence-electron chi connectivity index (χ2n) is 2.86. The Morgan fingerprint density at radius 2 is 2.10 bits per heavy atom. The van der Waals surface area contributed by atoms with Gasteiger partial charge in [-0.25, -0.2) is 0 Å². The van der Waals surface area contributed by atoms with Crippen molar-refractivity contribution in [2.24, 2.45) is 5.92 Å². The second-order valence-corrected chi connectivity index (χ2v) is 3.50. The molecular weight excluding hydrogens is 144 g/mol. The van der Waals surface area contributed by atoms with Gasteiger partial charge >= 0.3 is 11.7 Å². The zero-order valence-corrected chi connectivity index (χ0v) is 7.75. The first kappa shape index (κ1) is 10.0. The van der Waals surface area contributed by atoms with Crippen LogP contribution in [-0.4, -0.2) is 5.75 Å². The lowest BCUT2D eigenvalue weighted by Crippen LogP contribution is -1.96. The van der Waals surface area contributed by atoms with Crippen LogP contribution in [0, 0.1) is 5.92 Å². The molecule has 0 saturated carbocycles. The fourth-order valence-electron chi connectivity index (χ4n) is 0.946. The van der Waals surface area contributed by atoms with Crippen LogP contribution < -0.4 is 0 Å². The molecule has 0 aromatic heterocycles. The summed E-state index contributed by atoms with van der Waals surface area (Å²) < 4.78 is 10.0. The molecule has 1 unspecified atom stereocenters. The number of hydrogen-bond donors (Lipinski definition) is 0. The van der Waals surface area contributed by atoms with Crippen molar-refractivity contribution in [2.75, 3.05) is 5.75 Å². The highest BCUT2D eigenvalue weighted by Gasteiger charge is 2.05. The molecule has 1 nitrogen and oxygen atoms in total. The lowest BCUT2D eigenvalue weighted by atomic mass is 10.0. The number of hydrogen-bond acceptors (Lipinski definition) is 1. The fraction of sp³-hybridized carbons (Fsp3) is 1.00. The molecule has 0 rings (SSSR count). The van der Waals surface area contributed by atoms with Crippen LogP contribution in [0.25, 0.3) is 0 Å². The van der Waals surface area contributed by atoms with Crippen LogP contribution in [0.4, 0.5) is 0 Å². The van der Waals surface area contributed by atoms with E-state index in [1.807, 2.05) is 0 Å². The molecule has 0 N–H and O–H groups in total. The van der Waals surface area contributed by atoms with Crippen LogP contribution in [0.15, 0.2) is 0 Å². The Labute approximate surface area is 67.7 Å². The lowest BCUT2D eigenvalue weighted by molar-refractivity contribution is 0.492. The highest BCUT2D eigenvalue weighted by atomic mass is 32.1. The molecule has 2 heteroatoms. The zero-order valence-electron chi connectivity index (χ0n) is 6.93. The molecule has 0 bridgehead atoms. The van der Waals surface area contributed by atoms with Gasteiger partial charge in [0, 0.05) is 10.6 Å². The number of rotatable bonds is 6. The molecule has 0 amide bonds. The van der Waals surface area contributed by atoms with Crippen molar-refractivity contribution in [1.82, 2.24) is 0 Å². The molecule has 0 aromatic rings. The lowest BCUT2D eigenvalue weighted by Gasteiger charge is -2.03. The molecule has 60 valence electrons. The first-order chi connectivity index (χ1) is 4.81. The molecule has 0 radical (unpaired) electrons. The number of unbranched alkanes of at least 4 members (excludes halogenated alkanes) is 1. The average molecular weight is 161 g/mol. The quantitative estimate of drug-likeness (QED) is 0.547. The monoisotopic (exact) mass is 161 g/mol. The van der Waals surface area contributed by atoms with Crippen molar-refractivity contribution in [3.8, 4) is 0 Å². The summed E-state index contributed by atoms with van der Waals surface area (Å²) in [5.74, 6) is 1.53. The van der Waals surface area contributed by atoms with Gasteiger partial charge in [-0.2, -0.15) is 0 Å². The van der Waals surface area contributed by atoms with Crippen molar-refractivity contribution < 1.29 is 4.21 Å². The Bertz CT molecular complexity index is 83.3. The standard InChI is InChI=1S/C8H17OS/c1-3-4-5-8(2)6-7-10-9/h8H,3-7H2,1-2H3/q+1. The van der Waals surface area contributed by atoms with Crippen LogP contribution >= 0.6 is 0 Å². The van der Waals surface area contributed by atoms with E-state index in [0.717, 1.165) is 18.1 Å². The van der Waals surface area contributed by atoms with Crippen molar-refractivity contribution in [3.05, 3.63) is 0 Å². The largest absolute Gasteiger partial charge is 0.458 e. The summed E-state index contributed by atoms with van der Waals surface area (Å²) in [6.45, 7) is 4.43. The van der Waals surface area contributed by atoms with Gasteiger partial charge in [0.15, 0.2) is 0 Å². The third kappa shape index (κ3) is 6.14. The van der Waals surface area contributed by atoms with E-state index in [-0.39, 0.29) is 0 Å². The van der Waals surface area contributed by atoms with Crippen LogP contribution in [0.1, 0.15) is 39.5 Å². The summed E-state index contributed by atoms with van der Waals surface area (Å²) >= 11 is 0.713. The fourth-order valence-corrected chi connectivity index (χ4v) is 1.44. The van der Waals surface area contributed by atoms with E-state index in [2.05, 4.69) is 13.8 Å². The molecule has 0 fully saturated rings. The molecule has 0 aliphatic heterocycles. The Balaban J connectivity index is 3.07. The maximum atomic E-state index is 10.0. The first-order valence-corrected chi connectivity index (χ1v) is 4.97. The van der Waals surface area contributed by atoms with Gasteiger partial charge in [-0.3, -0.25) is 0 Å². The van der Waals surface area contributed by atoms with E-state index in [1.54, 1.807) is 0 Å². The van der Waals surface area contributed by atoms with Gasteiger partial charge in [-0.05, 0) is 5.92 Å². The maximum Gasteiger partial charge on any atom is 0.458 e. The average Bonchev–Trinajstić information content (AvgIpc) is 1.97. The Kier molecular flexibility index (Phi) is 7.15. The normalized spacial score (nSPS) is 13.0. The highest BCUT2D eigenvalue weighted by Crippen LogP contribution is 2.10. The molecule has 0 aliphatic rings. The Morgan fingerprint density at radius 3 is 2.60 bits per heavy atom. The van der Waals surface area contributed by atoms with Crippen LogP contribution in [0.2, 0.25) is 0 Å². The van der Waals surface area contributed by atoms with Crippen LogP contribution in [-0.2, 0) is 15.9 Å². The molecule has 10 heavy (non-hydrogen) atoms. The van der Waals surface area contributed by atoms with Crippen molar-refractivity contribution in [1.29, 1.82) is 0 Å². The summed E-state index contributed by atoms with van der Waals surface area (Å²) in [5, 5.41) is 0. The summed E-state index contributed by atoms with van der Waals surface area (Å²) in [6.07, 6.45) is 4.96. The third-order valence-electron chi connectivity index (χ3n) is 1.74. The SMILES string of the molecule is CCCCC(C)CC[S+]=O. The van der Waals surface area contributed by atoms with Crippen molar-refractivity contribution in [2.45, 2.75) is 39.5 Å². The van der Waals surface area contributed by atoms with Gasteiger partial charge in [-0.15, -0.1) is 0 Å². The van der Waals surface area contributed by atoms with Crippen LogP contribution in [0.5, 0.6) is 0 Å². The van der Waals surface area contributed by atoms with E-state index in [1.165, 1.54) is 19.3 Å². The molecule has 0 aromatic carbocycles. The minimum Gasteiger partial charge on any atom is -0.0654 e. The van der Waals surface area contributed by atoms with Gasteiger partial charge in [-0.1, -0.05) is 33.1 Å². The third-order valence-corrected chi connectivity index (χ3v) is 2.15. The van der Waals surface area contributed by atoms with E-state index in [9.17, 15) is 4.21 Å². The maximum absolute atomic E-state index is 10.0. The summed E-state index contributed by atoms with van der Waals surface area (Å²) in [5.41, 5.74) is 0. The molecule has 1 atom stereocenters. The second kappa shape index (κ2) is 7.13. The summed E-state index contributed by atoms with van der Waals surface area (Å²) in [7, 11) is 0. The predicted octanol–water partition coefficient (Wildman–Crippen LogP) is 2.63. The Hall–Kier alpha value is 0.0200. The summed E-state index contributed by atoms with van der Waals surface area (Å²) in [6, 6.07) is 0. The van der Waals surface area contributed by atoms with Gasteiger partial charge in [0.25, 0.3) is 0 Å². The minimum atomic E-state index is 0.713. The van der Waals surface area contributed by atoms with E-state index in [4.69, 9.17) is 0 Å². The van der Waals surface area contributed by atoms with Gasteiger partial charge in [0.1, 0.15) is 0 Å². The smallest absolute Gasteiger partial charge is 0.0654 e. The molecular formula is C8H17OS+. The van der Waals surface area contributed by atoms with E-state index >= 15 is 0 Å². The first-order valence-electron chi connectivity index (χ1n) is 4.06. The molecule has 0 heterocycles. The van der Waals surface area contributed by atoms with Crippen molar-refractivity contribution >= 4 is 11.7 Å². The highest BCUT2D eigenvalue weighted by molar-refractivity contribution is 7.65. The van der Waals surface area contributed by atoms with Crippen molar-refractivity contribution in [3.63, 3.8) is 0 Å². The predicted molar refractivity (Wildman–Crippen MR) is 46.2 cm³/mol. The van der Waals surface area contributed by atoms with Gasteiger partial charge in [0.05, 0.1) is 0 Å². The molecule has 0 aliphatic carbocycles. The zero-order chi connectivity index (χ0) is 7.82. The molecule has 0 saturated heterocycles. The molecule has 0 spiro atoms. The van der Waals surface area contributed by atoms with E-state index in [0.29, 0.717) is 11.7 Å². The van der Waals surface area contributed by atoms with E-state index < -0.39 is 0 Å². The topological polar surface area (TPSA) is 17.1 Å². The Morgan fingerprint density at radius 1 is 1.40 bits per heavy atom. The minimum absolute atomic E-state index is 0.713. The van der Waals surface area contributed by atoms with Gasteiger partial charge in [0.2, 0.25) is 5.75 Å².